The summed E-state index contributed by atoms with van der Waals surface area (Å²) in [5.74, 6) is 0. The van der Waals surface area contributed by atoms with Gasteiger partial charge in [-0.15, -0.1) is 0 Å². The summed E-state index contributed by atoms with van der Waals surface area (Å²) in [4.78, 5) is 4.73. The van der Waals surface area contributed by atoms with E-state index in [4.69, 9.17) is 9.57 Å². The van der Waals surface area contributed by atoms with Crippen molar-refractivity contribution in [2.45, 2.75) is 41.5 Å². The van der Waals surface area contributed by atoms with Crippen molar-refractivity contribution in [1.82, 2.24) is 5.48 Å². The Morgan fingerprint density at radius 3 is 1.54 bits per heavy atom. The summed E-state index contributed by atoms with van der Waals surface area (Å²) < 4.78 is 4.69. The van der Waals surface area contributed by atoms with Gasteiger partial charge in [0.2, 0.25) is 0 Å². The molecule has 0 aromatic heterocycles. The van der Waals surface area contributed by atoms with Crippen molar-refractivity contribution in [3.05, 3.63) is 0 Å². The summed E-state index contributed by atoms with van der Waals surface area (Å²) in [6.45, 7) is 5.84. The second-order valence-corrected chi connectivity index (χ2v) is 2.05. The molecule has 0 fully saturated rings. The number of hydrogen-bond donors (Lipinski definition) is 1. The number of ether oxygens (including phenoxy) is 1. The Labute approximate surface area is 84.8 Å². The quantitative estimate of drug-likeness (QED) is 0.540. The van der Waals surface area contributed by atoms with E-state index in [1.54, 1.807) is 14.2 Å². The van der Waals surface area contributed by atoms with E-state index in [1.807, 2.05) is 0 Å². The lowest BCUT2D eigenvalue weighted by molar-refractivity contribution is 0.0585. The average molecular weight is 195 g/mol. The van der Waals surface area contributed by atoms with Gasteiger partial charge in [-0.05, 0) is 12.8 Å². The zero-order valence-electron chi connectivity index (χ0n) is 8.14. The molecule has 0 aliphatic rings. The lowest BCUT2D eigenvalue weighted by atomic mass is 10.5. The first kappa shape index (κ1) is 23.1. The molecule has 0 unspecified atom stereocenters. The van der Waals surface area contributed by atoms with E-state index in [-0.39, 0.29) is 14.9 Å². The lowest BCUT2D eigenvalue weighted by Crippen LogP contribution is -2.06. The molecule has 0 heterocycles. The van der Waals surface area contributed by atoms with Crippen LogP contribution in [0.25, 0.3) is 0 Å². The van der Waals surface area contributed by atoms with Crippen LogP contribution in [0.2, 0.25) is 0 Å². The largest absolute Gasteiger partial charge is 0.385 e. The van der Waals surface area contributed by atoms with E-state index in [1.165, 1.54) is 0 Å². The molecule has 0 atom stereocenters. The van der Waals surface area contributed by atoms with Crippen molar-refractivity contribution in [1.29, 1.82) is 0 Å². The summed E-state index contributed by atoms with van der Waals surface area (Å²) in [6.07, 6.45) is 2.19. The van der Waals surface area contributed by atoms with Gasteiger partial charge in [0.15, 0.2) is 0 Å². The fourth-order valence-corrected chi connectivity index (χ4v) is 0.408. The van der Waals surface area contributed by atoms with Crippen LogP contribution in [-0.2, 0) is 9.57 Å². The van der Waals surface area contributed by atoms with Crippen molar-refractivity contribution in [3.8, 4) is 0 Å². The molecule has 86 valence electrons. The zero-order chi connectivity index (χ0) is 8.95. The summed E-state index contributed by atoms with van der Waals surface area (Å²) >= 11 is 0. The first-order valence-electron chi connectivity index (χ1n) is 4.10. The van der Waals surface area contributed by atoms with Crippen molar-refractivity contribution in [2.24, 2.45) is 0 Å². The second-order valence-electron chi connectivity index (χ2n) is 2.05. The van der Waals surface area contributed by atoms with Gasteiger partial charge in [0.05, 0.1) is 6.61 Å². The van der Waals surface area contributed by atoms with Crippen LogP contribution in [0, 0.1) is 0 Å². The molecule has 0 bridgehead atoms. The highest BCUT2D eigenvalue weighted by molar-refractivity contribution is 4.16. The fraction of sp³-hybridized carbons (Fsp3) is 1.00. The Bertz CT molecular complexity index is 46.2. The highest BCUT2D eigenvalue weighted by Gasteiger charge is 1.71. The van der Waals surface area contributed by atoms with E-state index in [0.29, 0.717) is 0 Å². The number of methoxy groups -OCH3 is 1. The molecule has 0 aliphatic carbocycles. The Balaban J connectivity index is -0.0000000546. The minimum absolute atomic E-state index is 0. The topological polar surface area (TPSA) is 30.5 Å². The first-order valence-corrected chi connectivity index (χ1v) is 4.10. The van der Waals surface area contributed by atoms with E-state index >= 15 is 0 Å². The van der Waals surface area contributed by atoms with Crippen LogP contribution in [0.4, 0.5) is 0 Å². The molecule has 0 rings (SSSR count). The SMILES string of the molecule is C.C.CCCOC.CCCONC. The van der Waals surface area contributed by atoms with Gasteiger partial charge in [0.25, 0.3) is 0 Å². The van der Waals surface area contributed by atoms with Gasteiger partial charge >= 0.3 is 0 Å². The normalized spacial score (nSPS) is 7.38. The highest BCUT2D eigenvalue weighted by atomic mass is 16.6. The molecule has 0 aromatic rings. The Morgan fingerprint density at radius 1 is 1.00 bits per heavy atom. The van der Waals surface area contributed by atoms with Gasteiger partial charge in [-0.25, -0.2) is 5.48 Å². The summed E-state index contributed by atoms with van der Waals surface area (Å²) in [7, 11) is 3.47. The van der Waals surface area contributed by atoms with Gasteiger partial charge in [0, 0.05) is 20.8 Å². The Kier molecular flexibility index (Phi) is 52.7. The lowest BCUT2D eigenvalue weighted by Gasteiger charge is -1.93. The molecular weight excluding hydrogens is 166 g/mol. The summed E-state index contributed by atoms with van der Waals surface area (Å²) in [5, 5.41) is 0. The molecule has 1 N–H and O–H groups in total. The van der Waals surface area contributed by atoms with Crippen molar-refractivity contribution in [3.63, 3.8) is 0 Å². The molecule has 0 aliphatic heterocycles. The molecule has 3 heteroatoms. The molecule has 0 radical (unpaired) electrons. The van der Waals surface area contributed by atoms with Gasteiger partial charge in [-0.3, -0.25) is 0 Å². The van der Waals surface area contributed by atoms with E-state index < -0.39 is 0 Å². The van der Waals surface area contributed by atoms with Gasteiger partial charge < -0.3 is 9.57 Å². The maximum absolute atomic E-state index is 4.73. The predicted molar refractivity (Wildman–Crippen MR) is 60.9 cm³/mol. The van der Waals surface area contributed by atoms with Crippen LogP contribution >= 0.6 is 0 Å². The number of rotatable bonds is 5. The number of hydrogen-bond acceptors (Lipinski definition) is 3. The number of hydroxylamine groups is 1. The van der Waals surface area contributed by atoms with Gasteiger partial charge in [-0.1, -0.05) is 28.7 Å². The maximum atomic E-state index is 4.73. The van der Waals surface area contributed by atoms with Crippen LogP contribution in [0.15, 0.2) is 0 Å². The first-order chi connectivity index (χ1) is 5.33. The van der Waals surface area contributed by atoms with E-state index in [0.717, 1.165) is 26.1 Å². The summed E-state index contributed by atoms with van der Waals surface area (Å²) in [6, 6.07) is 0. The molecule has 0 spiro atoms. The van der Waals surface area contributed by atoms with Crippen LogP contribution in [0.1, 0.15) is 41.5 Å². The molecule has 0 saturated heterocycles. The standard InChI is InChI=1S/C4H11NO.C4H10O.2CH4/c1-3-4-6-5-2;1-3-4-5-2;;/h5H,3-4H2,1-2H3;3-4H2,1-2H3;2*1H4. The molecule has 0 saturated carbocycles. The maximum Gasteiger partial charge on any atom is 0.0679 e. The van der Waals surface area contributed by atoms with Crippen molar-refractivity contribution >= 4 is 0 Å². The molecule has 13 heavy (non-hydrogen) atoms. The average Bonchev–Trinajstić information content (AvgIpc) is 2.04. The molecular formula is C10H29NO2. The smallest absolute Gasteiger partial charge is 0.0679 e. The third-order valence-electron chi connectivity index (χ3n) is 0.859. The van der Waals surface area contributed by atoms with E-state index in [2.05, 4.69) is 19.3 Å². The van der Waals surface area contributed by atoms with Gasteiger partial charge in [-0.2, -0.15) is 0 Å². The Hall–Kier alpha value is -0.120. The minimum Gasteiger partial charge on any atom is -0.385 e. The van der Waals surface area contributed by atoms with Crippen LogP contribution < -0.4 is 5.48 Å². The fourth-order valence-electron chi connectivity index (χ4n) is 0.408. The molecule has 0 aromatic carbocycles. The highest BCUT2D eigenvalue weighted by Crippen LogP contribution is 1.71. The van der Waals surface area contributed by atoms with Crippen molar-refractivity contribution < 1.29 is 9.57 Å². The zero-order valence-corrected chi connectivity index (χ0v) is 8.14. The third-order valence-corrected chi connectivity index (χ3v) is 0.859. The third kappa shape index (κ3) is 48.7. The monoisotopic (exact) mass is 195 g/mol. The summed E-state index contributed by atoms with van der Waals surface area (Å²) in [5.41, 5.74) is 2.57. The predicted octanol–water partition coefficient (Wildman–Crippen LogP) is 2.86. The molecule has 3 nitrogen and oxygen atoms in total. The van der Waals surface area contributed by atoms with Crippen molar-refractivity contribution in [2.75, 3.05) is 27.4 Å². The second kappa shape index (κ2) is 29.7. The number of nitrogens with one attached hydrogen (secondary N) is 1. The molecule has 0 amide bonds. The van der Waals surface area contributed by atoms with E-state index in [9.17, 15) is 0 Å². The van der Waals surface area contributed by atoms with Crippen LogP contribution in [-0.4, -0.2) is 27.4 Å². The van der Waals surface area contributed by atoms with Crippen LogP contribution in [0.3, 0.4) is 0 Å². The van der Waals surface area contributed by atoms with Crippen LogP contribution in [0.5, 0.6) is 0 Å². The Morgan fingerprint density at radius 2 is 1.46 bits per heavy atom. The minimum atomic E-state index is 0. The van der Waals surface area contributed by atoms with Gasteiger partial charge in [0.1, 0.15) is 0 Å².